The second-order valence-electron chi connectivity index (χ2n) is 14.7. The lowest BCUT2D eigenvalue weighted by atomic mass is 9.32. The van der Waals surface area contributed by atoms with Gasteiger partial charge in [-0.1, -0.05) is 53.7 Å². The molecule has 0 bridgehead atoms. The van der Waals surface area contributed by atoms with Crippen molar-refractivity contribution in [3.05, 3.63) is 12.2 Å². The van der Waals surface area contributed by atoms with E-state index in [-0.39, 0.29) is 11.5 Å². The molecule has 1 nitrogen and oxygen atoms in total. The summed E-state index contributed by atoms with van der Waals surface area (Å²) in [5.74, 6) is 3.98. The Hall–Kier alpha value is -0.300. The number of hydrogen-bond donors (Lipinski definition) is 1. The van der Waals surface area contributed by atoms with Crippen LogP contribution in [0.3, 0.4) is 0 Å². The summed E-state index contributed by atoms with van der Waals surface area (Å²) in [4.78, 5) is 0. The van der Waals surface area contributed by atoms with Gasteiger partial charge in [0.05, 0.1) is 6.10 Å². The minimum Gasteiger partial charge on any atom is -0.393 e. The van der Waals surface area contributed by atoms with Gasteiger partial charge in [0.15, 0.2) is 0 Å². The van der Waals surface area contributed by atoms with Gasteiger partial charge in [0.1, 0.15) is 0 Å². The van der Waals surface area contributed by atoms with E-state index in [0.717, 1.165) is 30.1 Å². The van der Waals surface area contributed by atoms with Gasteiger partial charge in [-0.3, -0.25) is 0 Å². The third-order valence-electron chi connectivity index (χ3n) is 13.5. The monoisotopic (exact) mass is 426 g/mol. The summed E-state index contributed by atoms with van der Waals surface area (Å²) in [5.41, 5.74) is 3.38. The molecule has 0 heterocycles. The van der Waals surface area contributed by atoms with Crippen LogP contribution in [0.15, 0.2) is 12.2 Å². The number of hydrogen-bond acceptors (Lipinski definition) is 1. The van der Waals surface area contributed by atoms with E-state index in [1.165, 1.54) is 63.4 Å². The largest absolute Gasteiger partial charge is 0.393 e. The fraction of sp³-hybridized carbons (Fsp3) is 0.933. The number of allylic oxidation sites excluding steroid dienone is 1. The normalized spacial score (nSPS) is 57.9. The van der Waals surface area contributed by atoms with E-state index in [4.69, 9.17) is 0 Å². The molecule has 5 unspecified atom stereocenters. The Kier molecular flexibility index (Phi) is 4.82. The second kappa shape index (κ2) is 6.64. The molecule has 5 aliphatic carbocycles. The quantitative estimate of drug-likeness (QED) is 0.421. The molecule has 0 aromatic rings. The molecule has 0 radical (unpaired) electrons. The van der Waals surface area contributed by atoms with E-state index in [2.05, 4.69) is 55.0 Å². The van der Waals surface area contributed by atoms with Crippen LogP contribution in [0.5, 0.6) is 0 Å². The molecule has 0 saturated heterocycles. The van der Waals surface area contributed by atoms with E-state index in [1.54, 1.807) is 0 Å². The van der Waals surface area contributed by atoms with Gasteiger partial charge < -0.3 is 5.11 Å². The van der Waals surface area contributed by atoms with Crippen molar-refractivity contribution >= 4 is 0 Å². The SMILES string of the molecule is C=C(C)C1CC[C@]2(C)CC[C@]3(C)C(CCC4[C@@]5(C)CC[C@@H](O)C(C)(C)C5CC[C@]43C)C12. The highest BCUT2D eigenvalue weighted by Crippen LogP contribution is 2.77. The fourth-order valence-corrected chi connectivity index (χ4v) is 11.5. The van der Waals surface area contributed by atoms with Crippen molar-refractivity contribution in [1.82, 2.24) is 0 Å². The zero-order chi connectivity index (χ0) is 22.6. The number of aliphatic hydroxyl groups is 1. The van der Waals surface area contributed by atoms with E-state index in [0.29, 0.717) is 27.6 Å². The highest BCUT2D eigenvalue weighted by Gasteiger charge is 2.70. The summed E-state index contributed by atoms with van der Waals surface area (Å²) in [6, 6.07) is 0. The van der Waals surface area contributed by atoms with Gasteiger partial charge in [-0.15, -0.1) is 0 Å². The first-order valence-corrected chi connectivity index (χ1v) is 13.6. The van der Waals surface area contributed by atoms with Crippen LogP contribution in [0.25, 0.3) is 0 Å². The lowest BCUT2D eigenvalue weighted by Gasteiger charge is -2.73. The van der Waals surface area contributed by atoms with Crippen LogP contribution in [0.2, 0.25) is 0 Å². The average Bonchev–Trinajstić information content (AvgIpc) is 3.04. The molecular weight excluding hydrogens is 376 g/mol. The minimum absolute atomic E-state index is 0.0632. The van der Waals surface area contributed by atoms with Crippen molar-refractivity contribution in [1.29, 1.82) is 0 Å². The van der Waals surface area contributed by atoms with Crippen molar-refractivity contribution in [3.63, 3.8) is 0 Å². The zero-order valence-corrected chi connectivity index (χ0v) is 21.7. The summed E-state index contributed by atoms with van der Waals surface area (Å²) in [6.07, 6.45) is 13.4. The predicted molar refractivity (Wildman–Crippen MR) is 131 cm³/mol. The molecule has 5 saturated carbocycles. The Bertz CT molecular complexity index is 766. The van der Waals surface area contributed by atoms with Crippen molar-refractivity contribution in [3.8, 4) is 0 Å². The van der Waals surface area contributed by atoms with E-state index in [9.17, 15) is 5.11 Å². The van der Waals surface area contributed by atoms with Gasteiger partial charge in [-0.2, -0.15) is 0 Å². The Morgan fingerprint density at radius 2 is 1.45 bits per heavy atom. The summed E-state index contributed by atoms with van der Waals surface area (Å²) < 4.78 is 0. The lowest BCUT2D eigenvalue weighted by molar-refractivity contribution is -0.246. The second-order valence-corrected chi connectivity index (χ2v) is 14.7. The molecule has 0 spiro atoms. The molecular formula is C30H50O. The third kappa shape index (κ3) is 2.65. The predicted octanol–water partition coefficient (Wildman–Crippen LogP) is 8.02. The standard InChI is InChI=1S/C30H50O/c1-19(2)20-11-14-27(5)17-18-29(7)21(25(20)27)9-10-23-28(6)15-13-24(31)26(3,4)22(28)12-16-30(23,29)8/h20-25,31H,1,9-18H2,2-8H3/t20?,21?,22?,23?,24-,25?,27-,28+,29-,30-/m1/s1. The van der Waals surface area contributed by atoms with Crippen LogP contribution in [0, 0.1) is 56.7 Å². The molecule has 1 N–H and O–H groups in total. The average molecular weight is 427 g/mol. The van der Waals surface area contributed by atoms with Gasteiger partial charge >= 0.3 is 0 Å². The summed E-state index contributed by atoms with van der Waals surface area (Å²) in [6.45, 7) is 22.3. The first kappa shape index (κ1) is 22.5. The molecule has 5 fully saturated rings. The Morgan fingerprint density at radius 3 is 2.13 bits per heavy atom. The first-order chi connectivity index (χ1) is 14.3. The molecule has 5 rings (SSSR count). The molecule has 0 aliphatic heterocycles. The topological polar surface area (TPSA) is 20.2 Å². The van der Waals surface area contributed by atoms with Crippen LogP contribution >= 0.6 is 0 Å². The molecule has 176 valence electrons. The Morgan fingerprint density at radius 1 is 0.742 bits per heavy atom. The van der Waals surface area contributed by atoms with Crippen LogP contribution in [0.4, 0.5) is 0 Å². The zero-order valence-electron chi connectivity index (χ0n) is 21.7. The third-order valence-corrected chi connectivity index (χ3v) is 13.5. The number of fused-ring (bicyclic) bond motifs is 7. The molecule has 31 heavy (non-hydrogen) atoms. The number of rotatable bonds is 1. The lowest BCUT2D eigenvalue weighted by Crippen LogP contribution is -2.66. The highest BCUT2D eigenvalue weighted by molar-refractivity contribution is 5.21. The molecule has 0 aromatic carbocycles. The number of aliphatic hydroxyl groups excluding tert-OH is 1. The highest BCUT2D eigenvalue weighted by atomic mass is 16.3. The summed E-state index contributed by atoms with van der Waals surface area (Å²) >= 11 is 0. The maximum absolute atomic E-state index is 10.9. The van der Waals surface area contributed by atoms with E-state index in [1.807, 2.05) is 0 Å². The van der Waals surface area contributed by atoms with Crippen molar-refractivity contribution < 1.29 is 5.11 Å². The van der Waals surface area contributed by atoms with Crippen LogP contribution in [0.1, 0.15) is 113 Å². The molecule has 5 aliphatic rings. The van der Waals surface area contributed by atoms with Gasteiger partial charge in [-0.05, 0) is 128 Å². The maximum Gasteiger partial charge on any atom is 0.0594 e. The van der Waals surface area contributed by atoms with E-state index >= 15 is 0 Å². The maximum atomic E-state index is 10.9. The fourth-order valence-electron chi connectivity index (χ4n) is 11.5. The Balaban J connectivity index is 1.54. The summed E-state index contributed by atoms with van der Waals surface area (Å²) in [7, 11) is 0. The Labute approximate surface area is 192 Å². The van der Waals surface area contributed by atoms with Crippen molar-refractivity contribution in [2.24, 2.45) is 56.7 Å². The smallest absolute Gasteiger partial charge is 0.0594 e. The van der Waals surface area contributed by atoms with Crippen LogP contribution < -0.4 is 0 Å². The van der Waals surface area contributed by atoms with Crippen LogP contribution in [-0.2, 0) is 0 Å². The summed E-state index contributed by atoms with van der Waals surface area (Å²) in [5, 5.41) is 10.9. The van der Waals surface area contributed by atoms with Crippen LogP contribution in [-0.4, -0.2) is 11.2 Å². The molecule has 0 amide bonds. The first-order valence-electron chi connectivity index (χ1n) is 13.6. The van der Waals surface area contributed by atoms with E-state index < -0.39 is 0 Å². The van der Waals surface area contributed by atoms with Gasteiger partial charge in [0.25, 0.3) is 0 Å². The van der Waals surface area contributed by atoms with Crippen molar-refractivity contribution in [2.75, 3.05) is 0 Å². The van der Waals surface area contributed by atoms with Gasteiger partial charge in [0, 0.05) is 0 Å². The van der Waals surface area contributed by atoms with Crippen molar-refractivity contribution in [2.45, 2.75) is 119 Å². The molecule has 0 aromatic heterocycles. The van der Waals surface area contributed by atoms with Gasteiger partial charge in [-0.25, -0.2) is 0 Å². The molecule has 10 atom stereocenters. The minimum atomic E-state index is -0.118. The van der Waals surface area contributed by atoms with Gasteiger partial charge in [0.2, 0.25) is 0 Å². The molecule has 1 heteroatoms.